The molecule has 4 rings (SSSR count). The normalized spacial score (nSPS) is 12.3. The molecule has 0 spiro atoms. The Morgan fingerprint density at radius 2 is 1.32 bits per heavy atom. The second kappa shape index (κ2) is 10.0. The molecule has 0 unspecified atom stereocenters. The van der Waals surface area contributed by atoms with E-state index in [9.17, 15) is 9.59 Å². The van der Waals surface area contributed by atoms with Gasteiger partial charge in [0, 0.05) is 16.6 Å². The predicted octanol–water partition coefficient (Wildman–Crippen LogP) is 3.82. The first-order valence-electron chi connectivity index (χ1n) is 9.25. The van der Waals surface area contributed by atoms with E-state index < -0.39 is 5.97 Å². The van der Waals surface area contributed by atoms with Crippen LogP contribution in [0.25, 0.3) is 0 Å². The molecule has 0 fully saturated rings. The lowest BCUT2D eigenvalue weighted by atomic mass is 10.1. The molecule has 0 saturated heterocycles. The van der Waals surface area contributed by atoms with Crippen LogP contribution >= 0.6 is 15.9 Å². The van der Waals surface area contributed by atoms with Gasteiger partial charge in [-0.25, -0.2) is 9.59 Å². The monoisotopic (exact) mass is 491 g/mol. The van der Waals surface area contributed by atoms with Crippen molar-refractivity contribution in [2.24, 2.45) is 0 Å². The van der Waals surface area contributed by atoms with E-state index in [4.69, 9.17) is 33.7 Å². The van der Waals surface area contributed by atoms with Crippen molar-refractivity contribution in [1.29, 1.82) is 5.26 Å². The van der Waals surface area contributed by atoms with Crippen LogP contribution in [0.3, 0.4) is 0 Å². The third-order valence-electron chi connectivity index (χ3n) is 4.09. The summed E-state index contributed by atoms with van der Waals surface area (Å²) in [7, 11) is 0. The quantitative estimate of drug-likeness (QED) is 0.588. The Bertz CT molecular complexity index is 1050. The van der Waals surface area contributed by atoms with Crippen molar-refractivity contribution in [1.82, 2.24) is 0 Å². The van der Waals surface area contributed by atoms with Gasteiger partial charge in [0.05, 0.1) is 29.9 Å². The van der Waals surface area contributed by atoms with Crippen LogP contribution < -0.4 is 18.9 Å². The molecule has 0 amide bonds. The number of nitrogens with zero attached hydrogens (tertiary/aromatic N) is 1. The fourth-order valence-electron chi connectivity index (χ4n) is 2.69. The average molecular weight is 492 g/mol. The maximum atomic E-state index is 11.6. The van der Waals surface area contributed by atoms with Crippen molar-refractivity contribution < 1.29 is 38.0 Å². The van der Waals surface area contributed by atoms with E-state index in [-0.39, 0.29) is 37.3 Å². The highest BCUT2D eigenvalue weighted by atomic mass is 79.9. The number of rotatable bonds is 4. The molecule has 2 aliphatic rings. The van der Waals surface area contributed by atoms with Gasteiger partial charge >= 0.3 is 11.9 Å². The molecule has 0 saturated carbocycles. The molecule has 0 bridgehead atoms. The van der Waals surface area contributed by atoms with Gasteiger partial charge in [0.1, 0.15) is 6.07 Å². The van der Waals surface area contributed by atoms with Crippen LogP contribution in [-0.2, 0) is 9.47 Å². The standard InChI is InChI=1S/C11H9NO4.C10H9BrO4/c1-2-14-11(13)8-4-10-9(15-6-16-10)3-7(8)5-12;1-2-13-10(12)6-3-8-9(4-7(6)11)15-5-14-8/h3-4H,2,6H2,1H3;3-4H,2,5H2,1H3. The summed E-state index contributed by atoms with van der Waals surface area (Å²) < 4.78 is 31.0. The second-order valence-corrected chi connectivity index (χ2v) is 6.84. The molecule has 10 heteroatoms. The molecular weight excluding hydrogens is 474 g/mol. The Labute approximate surface area is 186 Å². The van der Waals surface area contributed by atoms with E-state index in [2.05, 4.69) is 15.9 Å². The molecule has 0 atom stereocenters. The number of hydrogen-bond donors (Lipinski definition) is 0. The third-order valence-corrected chi connectivity index (χ3v) is 4.74. The van der Waals surface area contributed by atoms with Gasteiger partial charge in [-0.05, 0) is 41.9 Å². The summed E-state index contributed by atoms with van der Waals surface area (Å²) in [5, 5.41) is 8.91. The summed E-state index contributed by atoms with van der Waals surface area (Å²) in [4.78, 5) is 23.1. The van der Waals surface area contributed by atoms with Crippen molar-refractivity contribution in [3.63, 3.8) is 0 Å². The molecule has 2 aromatic carbocycles. The van der Waals surface area contributed by atoms with Crippen molar-refractivity contribution in [2.45, 2.75) is 13.8 Å². The van der Waals surface area contributed by atoms with E-state index in [0.29, 0.717) is 39.6 Å². The van der Waals surface area contributed by atoms with E-state index in [1.807, 2.05) is 6.07 Å². The molecule has 31 heavy (non-hydrogen) atoms. The summed E-state index contributed by atoms with van der Waals surface area (Å²) >= 11 is 3.28. The van der Waals surface area contributed by atoms with Gasteiger partial charge in [0.15, 0.2) is 23.0 Å². The van der Waals surface area contributed by atoms with E-state index in [1.54, 1.807) is 26.0 Å². The highest BCUT2D eigenvalue weighted by Crippen LogP contribution is 2.37. The van der Waals surface area contributed by atoms with Crippen LogP contribution in [0.4, 0.5) is 0 Å². The van der Waals surface area contributed by atoms with E-state index in [1.165, 1.54) is 12.1 Å². The number of fused-ring (bicyclic) bond motifs is 2. The van der Waals surface area contributed by atoms with Crippen molar-refractivity contribution >= 4 is 27.9 Å². The Balaban J connectivity index is 0.000000176. The lowest BCUT2D eigenvalue weighted by Gasteiger charge is -2.05. The summed E-state index contributed by atoms with van der Waals surface area (Å²) in [5.41, 5.74) is 0.873. The molecule has 0 aliphatic carbocycles. The minimum atomic E-state index is -0.530. The first-order valence-corrected chi connectivity index (χ1v) is 10.0. The van der Waals surface area contributed by atoms with Crippen LogP contribution in [0.15, 0.2) is 28.7 Å². The summed E-state index contributed by atoms with van der Waals surface area (Å²) in [6.45, 7) is 4.37. The maximum Gasteiger partial charge on any atom is 0.339 e. The molecule has 2 aliphatic heterocycles. The number of ether oxygens (including phenoxy) is 6. The zero-order chi connectivity index (χ0) is 22.4. The lowest BCUT2D eigenvalue weighted by Crippen LogP contribution is -2.06. The number of halogens is 1. The summed E-state index contributed by atoms with van der Waals surface area (Å²) in [5.74, 6) is 1.24. The fraction of sp³-hybridized carbons (Fsp3) is 0.286. The van der Waals surface area contributed by atoms with Crippen LogP contribution in [-0.4, -0.2) is 38.7 Å². The number of nitriles is 1. The minimum Gasteiger partial charge on any atom is -0.462 e. The summed E-state index contributed by atoms with van der Waals surface area (Å²) in [6.07, 6.45) is 0. The number of carbonyl (C=O) groups excluding carboxylic acids is 2. The first kappa shape index (κ1) is 22.2. The van der Waals surface area contributed by atoms with Crippen molar-refractivity contribution in [3.05, 3.63) is 45.4 Å². The Morgan fingerprint density at radius 3 is 1.84 bits per heavy atom. The topological polar surface area (TPSA) is 113 Å². The van der Waals surface area contributed by atoms with Gasteiger partial charge in [-0.1, -0.05) is 0 Å². The molecule has 0 aromatic heterocycles. The number of benzene rings is 2. The van der Waals surface area contributed by atoms with E-state index >= 15 is 0 Å². The van der Waals surface area contributed by atoms with E-state index in [0.717, 1.165) is 0 Å². The summed E-state index contributed by atoms with van der Waals surface area (Å²) in [6, 6.07) is 8.20. The van der Waals surface area contributed by atoms with Crippen LogP contribution in [0, 0.1) is 11.3 Å². The minimum absolute atomic E-state index is 0.104. The molecule has 9 nitrogen and oxygen atoms in total. The molecule has 2 heterocycles. The molecular formula is C21H18BrNO8. The maximum absolute atomic E-state index is 11.6. The van der Waals surface area contributed by atoms with Crippen molar-refractivity contribution in [3.8, 4) is 29.1 Å². The largest absolute Gasteiger partial charge is 0.462 e. The van der Waals surface area contributed by atoms with Gasteiger partial charge in [-0.15, -0.1) is 0 Å². The number of carbonyl (C=O) groups is 2. The third kappa shape index (κ3) is 5.00. The smallest absolute Gasteiger partial charge is 0.339 e. The Morgan fingerprint density at radius 1 is 0.871 bits per heavy atom. The Hall–Kier alpha value is -3.45. The molecule has 162 valence electrons. The number of hydrogen-bond acceptors (Lipinski definition) is 9. The molecule has 2 aromatic rings. The highest BCUT2D eigenvalue weighted by molar-refractivity contribution is 9.10. The highest BCUT2D eigenvalue weighted by Gasteiger charge is 2.22. The van der Waals surface area contributed by atoms with Crippen LogP contribution in [0.1, 0.15) is 40.1 Å². The van der Waals surface area contributed by atoms with Crippen molar-refractivity contribution in [2.75, 3.05) is 26.8 Å². The van der Waals surface area contributed by atoms with Crippen LogP contribution in [0.5, 0.6) is 23.0 Å². The predicted molar refractivity (Wildman–Crippen MR) is 109 cm³/mol. The first-order chi connectivity index (χ1) is 15.0. The second-order valence-electron chi connectivity index (χ2n) is 5.99. The lowest BCUT2D eigenvalue weighted by molar-refractivity contribution is 0.0515. The van der Waals surface area contributed by atoms with Gasteiger partial charge in [0.25, 0.3) is 0 Å². The SMILES string of the molecule is CCOC(=O)c1cc2c(cc1Br)OCO2.CCOC(=O)c1cc2c(cc1C#N)OCO2. The molecule has 0 N–H and O–H groups in total. The fourth-order valence-corrected chi connectivity index (χ4v) is 3.18. The van der Waals surface area contributed by atoms with Gasteiger partial charge in [-0.2, -0.15) is 5.26 Å². The van der Waals surface area contributed by atoms with Gasteiger partial charge < -0.3 is 28.4 Å². The van der Waals surface area contributed by atoms with Gasteiger partial charge in [0.2, 0.25) is 13.6 Å². The Kier molecular flexibility index (Phi) is 7.20. The van der Waals surface area contributed by atoms with Gasteiger partial charge in [-0.3, -0.25) is 0 Å². The average Bonchev–Trinajstić information content (AvgIpc) is 3.41. The zero-order valence-electron chi connectivity index (χ0n) is 16.7. The van der Waals surface area contributed by atoms with Crippen LogP contribution in [0.2, 0.25) is 0 Å². The molecule has 0 radical (unpaired) electrons. The zero-order valence-corrected chi connectivity index (χ0v) is 18.3. The number of esters is 2.